The molecule has 5 heteroatoms. The van der Waals surface area contributed by atoms with Crippen LogP contribution in [-0.4, -0.2) is 41.6 Å². The summed E-state index contributed by atoms with van der Waals surface area (Å²) in [6.07, 6.45) is 6.27. The van der Waals surface area contributed by atoms with Crippen LogP contribution < -0.4 is 5.32 Å². The van der Waals surface area contributed by atoms with Crippen LogP contribution in [0, 0.1) is 0 Å². The number of imidazole rings is 1. The maximum Gasteiger partial charge on any atom is 0.131 e. The van der Waals surface area contributed by atoms with Crippen LogP contribution in [0.1, 0.15) is 29.6 Å². The van der Waals surface area contributed by atoms with Gasteiger partial charge in [-0.25, -0.2) is 4.98 Å². The smallest absolute Gasteiger partial charge is 0.131 e. The summed E-state index contributed by atoms with van der Waals surface area (Å²) in [4.78, 5) is 8.06. The molecule has 1 atom stereocenters. The third-order valence-corrected chi connectivity index (χ3v) is 4.26. The van der Waals surface area contributed by atoms with Gasteiger partial charge in [-0.15, -0.1) is 11.3 Å². The number of hydrogen-bond donors (Lipinski definition) is 1. The molecule has 0 amide bonds. The quantitative estimate of drug-likeness (QED) is 0.759. The van der Waals surface area contributed by atoms with Gasteiger partial charge in [-0.1, -0.05) is 6.07 Å². The summed E-state index contributed by atoms with van der Waals surface area (Å²) < 4.78 is 2.09. The van der Waals surface area contributed by atoms with Gasteiger partial charge < -0.3 is 14.8 Å². The molecule has 4 nitrogen and oxygen atoms in total. The minimum atomic E-state index is 0.203. The fourth-order valence-electron chi connectivity index (χ4n) is 2.23. The van der Waals surface area contributed by atoms with E-state index in [0.29, 0.717) is 0 Å². The first-order valence-electron chi connectivity index (χ1n) is 7.07. The third kappa shape index (κ3) is 4.16. The Bertz CT molecular complexity index is 490. The van der Waals surface area contributed by atoms with Crippen molar-refractivity contribution in [3.8, 4) is 0 Å². The van der Waals surface area contributed by atoms with Gasteiger partial charge in [0.2, 0.25) is 0 Å². The Morgan fingerprint density at radius 1 is 1.40 bits per heavy atom. The van der Waals surface area contributed by atoms with E-state index in [9.17, 15) is 0 Å². The molecule has 20 heavy (non-hydrogen) atoms. The largest absolute Gasteiger partial charge is 0.336 e. The summed E-state index contributed by atoms with van der Waals surface area (Å²) in [6, 6.07) is 4.48. The third-order valence-electron chi connectivity index (χ3n) is 3.32. The Kier molecular flexibility index (Phi) is 5.76. The number of aryl methyl sites for hydroxylation is 1. The van der Waals surface area contributed by atoms with Gasteiger partial charge in [-0.2, -0.15) is 0 Å². The molecular formula is C15H24N4S. The molecular weight excluding hydrogens is 268 g/mol. The lowest BCUT2D eigenvalue weighted by Crippen LogP contribution is -2.26. The van der Waals surface area contributed by atoms with E-state index in [0.717, 1.165) is 18.9 Å². The lowest BCUT2D eigenvalue weighted by atomic mass is 10.2. The molecule has 0 fully saturated rings. The van der Waals surface area contributed by atoms with E-state index < -0.39 is 0 Å². The van der Waals surface area contributed by atoms with Crippen LogP contribution in [0.25, 0.3) is 0 Å². The number of unbranched alkanes of at least 4 members (excludes halogenated alkanes) is 1. The predicted molar refractivity (Wildman–Crippen MR) is 85.2 cm³/mol. The number of nitrogens with one attached hydrogen (secondary N) is 1. The maximum atomic E-state index is 4.50. The molecule has 2 aromatic heterocycles. The van der Waals surface area contributed by atoms with Gasteiger partial charge in [0.25, 0.3) is 0 Å². The van der Waals surface area contributed by atoms with Crippen LogP contribution in [-0.2, 0) is 7.05 Å². The Morgan fingerprint density at radius 3 is 2.85 bits per heavy atom. The fraction of sp³-hybridized carbons (Fsp3) is 0.533. The van der Waals surface area contributed by atoms with Crippen molar-refractivity contribution in [1.82, 2.24) is 19.8 Å². The highest BCUT2D eigenvalue weighted by Gasteiger charge is 2.18. The Balaban J connectivity index is 1.93. The van der Waals surface area contributed by atoms with Gasteiger partial charge in [0.15, 0.2) is 0 Å². The lowest BCUT2D eigenvalue weighted by Gasteiger charge is -2.17. The fourth-order valence-corrected chi connectivity index (χ4v) is 3.03. The summed E-state index contributed by atoms with van der Waals surface area (Å²) in [6.45, 7) is 2.16. The minimum absolute atomic E-state index is 0.203. The highest BCUT2D eigenvalue weighted by Crippen LogP contribution is 2.24. The van der Waals surface area contributed by atoms with E-state index >= 15 is 0 Å². The molecule has 1 unspecified atom stereocenters. The van der Waals surface area contributed by atoms with E-state index in [1.807, 2.05) is 12.4 Å². The normalized spacial score (nSPS) is 13.0. The summed E-state index contributed by atoms with van der Waals surface area (Å²) in [5.74, 6) is 1.08. The Hall–Kier alpha value is -1.17. The Labute approximate surface area is 125 Å². The number of nitrogens with zero attached hydrogens (tertiary/aromatic N) is 3. The van der Waals surface area contributed by atoms with Crippen molar-refractivity contribution >= 4 is 11.3 Å². The van der Waals surface area contributed by atoms with Crippen molar-refractivity contribution in [2.75, 3.05) is 27.2 Å². The molecule has 0 aliphatic carbocycles. The second-order valence-electron chi connectivity index (χ2n) is 5.31. The number of thiophene rings is 1. The summed E-state index contributed by atoms with van der Waals surface area (Å²) in [5, 5.41) is 5.77. The molecule has 0 bridgehead atoms. The molecule has 0 aliphatic rings. The van der Waals surface area contributed by atoms with Crippen LogP contribution in [0.3, 0.4) is 0 Å². The van der Waals surface area contributed by atoms with Crippen molar-refractivity contribution in [2.45, 2.75) is 18.9 Å². The zero-order valence-electron chi connectivity index (χ0n) is 12.5. The summed E-state index contributed by atoms with van der Waals surface area (Å²) >= 11 is 1.78. The van der Waals surface area contributed by atoms with Crippen LogP contribution in [0.5, 0.6) is 0 Å². The van der Waals surface area contributed by atoms with Gasteiger partial charge in [-0.05, 0) is 51.5 Å². The molecule has 0 radical (unpaired) electrons. The average molecular weight is 292 g/mol. The average Bonchev–Trinajstić information content (AvgIpc) is 3.05. The maximum absolute atomic E-state index is 4.50. The predicted octanol–water partition coefficient (Wildman–Crippen LogP) is 2.50. The molecule has 1 N–H and O–H groups in total. The molecule has 0 aliphatic heterocycles. The van der Waals surface area contributed by atoms with E-state index in [1.54, 1.807) is 11.3 Å². The number of hydrogen-bond acceptors (Lipinski definition) is 4. The van der Waals surface area contributed by atoms with Crippen molar-refractivity contribution in [2.24, 2.45) is 7.05 Å². The number of aromatic nitrogens is 2. The van der Waals surface area contributed by atoms with Crippen LogP contribution >= 0.6 is 11.3 Å². The van der Waals surface area contributed by atoms with Gasteiger partial charge in [0, 0.05) is 24.3 Å². The highest BCUT2D eigenvalue weighted by molar-refractivity contribution is 7.10. The number of rotatable bonds is 8. The molecule has 0 aromatic carbocycles. The van der Waals surface area contributed by atoms with E-state index in [1.165, 1.54) is 17.7 Å². The first-order valence-corrected chi connectivity index (χ1v) is 7.95. The van der Waals surface area contributed by atoms with Crippen LogP contribution in [0.2, 0.25) is 0 Å². The topological polar surface area (TPSA) is 33.1 Å². The van der Waals surface area contributed by atoms with Gasteiger partial charge in [0.1, 0.15) is 11.9 Å². The van der Waals surface area contributed by atoms with Crippen molar-refractivity contribution in [1.29, 1.82) is 0 Å². The molecule has 0 saturated carbocycles. The molecule has 2 heterocycles. The van der Waals surface area contributed by atoms with Gasteiger partial charge in [-0.3, -0.25) is 0 Å². The van der Waals surface area contributed by atoms with Crippen molar-refractivity contribution in [3.05, 3.63) is 40.6 Å². The monoisotopic (exact) mass is 292 g/mol. The van der Waals surface area contributed by atoms with Crippen molar-refractivity contribution in [3.63, 3.8) is 0 Å². The highest BCUT2D eigenvalue weighted by atomic mass is 32.1. The van der Waals surface area contributed by atoms with Gasteiger partial charge in [0.05, 0.1) is 0 Å². The van der Waals surface area contributed by atoms with E-state index in [2.05, 4.69) is 58.4 Å². The van der Waals surface area contributed by atoms with Gasteiger partial charge >= 0.3 is 0 Å². The van der Waals surface area contributed by atoms with E-state index in [-0.39, 0.29) is 6.04 Å². The molecule has 0 spiro atoms. The zero-order valence-corrected chi connectivity index (χ0v) is 13.4. The zero-order chi connectivity index (χ0) is 14.4. The molecule has 2 rings (SSSR count). The Morgan fingerprint density at radius 2 is 2.25 bits per heavy atom. The lowest BCUT2D eigenvalue weighted by molar-refractivity contribution is 0.389. The van der Waals surface area contributed by atoms with Crippen LogP contribution in [0.4, 0.5) is 0 Å². The minimum Gasteiger partial charge on any atom is -0.336 e. The molecule has 0 saturated heterocycles. The second-order valence-corrected chi connectivity index (χ2v) is 6.29. The molecule has 110 valence electrons. The first-order chi connectivity index (χ1) is 9.68. The second kappa shape index (κ2) is 7.57. The molecule has 2 aromatic rings. The summed E-state index contributed by atoms with van der Waals surface area (Å²) in [5.41, 5.74) is 0. The first kappa shape index (κ1) is 15.2. The van der Waals surface area contributed by atoms with Crippen LogP contribution in [0.15, 0.2) is 29.9 Å². The standard InChI is InChI=1S/C15H24N4S/c1-18(2)10-5-4-8-16-14(13-7-6-12-20-13)15-17-9-11-19(15)3/h6-7,9,11-12,14,16H,4-5,8,10H2,1-3H3. The van der Waals surface area contributed by atoms with Crippen molar-refractivity contribution < 1.29 is 0 Å². The van der Waals surface area contributed by atoms with E-state index in [4.69, 9.17) is 0 Å². The summed E-state index contributed by atoms with van der Waals surface area (Å²) in [7, 11) is 6.29. The SMILES string of the molecule is CN(C)CCCCNC(c1cccs1)c1nccn1C.